The Balaban J connectivity index is 3.48. The van der Waals surface area contributed by atoms with Gasteiger partial charge in [-0.3, -0.25) is 9.10 Å². The number of nitrogens with two attached hydrogens (primary N) is 1. The van der Waals surface area contributed by atoms with E-state index in [2.05, 4.69) is 0 Å². The molecule has 0 aromatic heterocycles. The number of primary sulfonamides is 1. The van der Waals surface area contributed by atoms with Crippen LogP contribution in [0.2, 0.25) is 5.02 Å². The first-order valence-corrected chi connectivity index (χ1v) is 8.72. The maximum absolute atomic E-state index is 11.6. The first kappa shape index (κ1) is 16.7. The third kappa shape index (κ3) is 4.07. The van der Waals surface area contributed by atoms with Crippen molar-refractivity contribution in [3.05, 3.63) is 23.2 Å². The van der Waals surface area contributed by atoms with Crippen molar-refractivity contribution in [2.24, 2.45) is 5.14 Å². The number of halogens is 1. The number of carbonyl (C=O) groups is 1. The Bertz CT molecular complexity index is 744. The quantitative estimate of drug-likeness (QED) is 0.763. The van der Waals surface area contributed by atoms with Gasteiger partial charge in [-0.1, -0.05) is 11.6 Å². The van der Waals surface area contributed by atoms with Gasteiger partial charge in [0, 0.05) is 0 Å². The van der Waals surface area contributed by atoms with Gasteiger partial charge in [-0.15, -0.1) is 0 Å². The summed E-state index contributed by atoms with van der Waals surface area (Å²) in [5.74, 6) is -1.40. The summed E-state index contributed by atoms with van der Waals surface area (Å²) in [5, 5.41) is 13.5. The molecule has 0 heterocycles. The normalized spacial score (nSPS) is 12.2. The molecule has 0 bridgehead atoms. The predicted octanol–water partition coefficient (Wildman–Crippen LogP) is -0.162. The Hall–Kier alpha value is -1.36. The maximum atomic E-state index is 11.6. The monoisotopic (exact) mass is 342 g/mol. The fourth-order valence-corrected chi connectivity index (χ4v) is 3.29. The van der Waals surface area contributed by atoms with Gasteiger partial charge < -0.3 is 5.11 Å². The Labute approximate surface area is 120 Å². The average molecular weight is 343 g/mol. The zero-order chi connectivity index (χ0) is 15.7. The molecule has 0 aliphatic carbocycles. The average Bonchev–Trinajstić information content (AvgIpc) is 2.23. The zero-order valence-corrected chi connectivity index (χ0v) is 12.5. The van der Waals surface area contributed by atoms with Gasteiger partial charge in [0.05, 0.1) is 17.0 Å². The van der Waals surface area contributed by atoms with Crippen molar-refractivity contribution in [1.29, 1.82) is 0 Å². The van der Waals surface area contributed by atoms with Crippen molar-refractivity contribution in [3.63, 3.8) is 0 Å². The highest BCUT2D eigenvalue weighted by Crippen LogP contribution is 2.27. The summed E-state index contributed by atoms with van der Waals surface area (Å²) < 4.78 is 46.3. The van der Waals surface area contributed by atoms with Crippen molar-refractivity contribution < 1.29 is 26.7 Å². The minimum atomic E-state index is -4.16. The van der Waals surface area contributed by atoms with Gasteiger partial charge >= 0.3 is 5.97 Å². The van der Waals surface area contributed by atoms with E-state index >= 15 is 0 Å². The standard InChI is InChI=1S/C9H11ClN2O6S2/c1-19(15,16)12(5-9(13)14)6-2-3-7(10)8(4-6)20(11,17)18/h2-4H,5H2,1H3,(H,13,14)(H2,11,17,18). The minimum absolute atomic E-state index is 0.164. The summed E-state index contributed by atoms with van der Waals surface area (Å²) in [6, 6.07) is 3.21. The zero-order valence-electron chi connectivity index (χ0n) is 10.1. The number of anilines is 1. The van der Waals surface area contributed by atoms with E-state index in [0.717, 1.165) is 18.4 Å². The molecule has 0 unspecified atom stereocenters. The van der Waals surface area contributed by atoms with E-state index < -0.39 is 37.5 Å². The molecule has 0 saturated heterocycles. The van der Waals surface area contributed by atoms with E-state index in [-0.39, 0.29) is 10.7 Å². The van der Waals surface area contributed by atoms with Gasteiger partial charge in [-0.2, -0.15) is 0 Å². The fourth-order valence-electron chi connectivity index (χ4n) is 1.39. The molecule has 0 aliphatic rings. The van der Waals surface area contributed by atoms with E-state index in [1.807, 2.05) is 0 Å². The van der Waals surface area contributed by atoms with E-state index in [1.165, 1.54) is 6.07 Å². The molecule has 0 atom stereocenters. The number of nitrogens with zero attached hydrogens (tertiary/aromatic N) is 1. The smallest absolute Gasteiger partial charge is 0.324 e. The first-order chi connectivity index (χ1) is 8.93. The third-order valence-electron chi connectivity index (χ3n) is 2.19. The third-order valence-corrected chi connectivity index (χ3v) is 4.72. The van der Waals surface area contributed by atoms with Crippen LogP contribution in [-0.4, -0.2) is 40.7 Å². The van der Waals surface area contributed by atoms with Crippen LogP contribution in [0.4, 0.5) is 5.69 Å². The molecule has 1 rings (SSSR count). The van der Waals surface area contributed by atoms with Gasteiger partial charge in [0.1, 0.15) is 11.4 Å². The second-order valence-electron chi connectivity index (χ2n) is 3.82. The molecule has 1 aromatic rings. The lowest BCUT2D eigenvalue weighted by Crippen LogP contribution is -2.35. The number of benzene rings is 1. The van der Waals surface area contributed by atoms with E-state index in [1.54, 1.807) is 0 Å². The van der Waals surface area contributed by atoms with Crippen molar-refractivity contribution in [1.82, 2.24) is 0 Å². The number of rotatable bonds is 5. The molecular formula is C9H11ClN2O6S2. The van der Waals surface area contributed by atoms with Crippen molar-refractivity contribution in [2.75, 3.05) is 17.1 Å². The van der Waals surface area contributed by atoms with E-state index in [4.69, 9.17) is 21.8 Å². The van der Waals surface area contributed by atoms with Crippen LogP contribution >= 0.6 is 11.6 Å². The molecule has 112 valence electrons. The summed E-state index contributed by atoms with van der Waals surface area (Å²) >= 11 is 5.66. The largest absolute Gasteiger partial charge is 0.480 e. The molecule has 0 fully saturated rings. The van der Waals surface area contributed by atoms with Crippen LogP contribution < -0.4 is 9.44 Å². The second kappa shape index (κ2) is 5.56. The lowest BCUT2D eigenvalue weighted by atomic mass is 10.3. The molecule has 0 saturated carbocycles. The summed E-state index contributed by atoms with van der Waals surface area (Å²) in [6.07, 6.45) is 0.793. The number of hydrogen-bond acceptors (Lipinski definition) is 5. The Kier molecular flexibility index (Phi) is 4.64. The van der Waals surface area contributed by atoms with Crippen molar-refractivity contribution in [2.45, 2.75) is 4.90 Å². The molecule has 0 spiro atoms. The van der Waals surface area contributed by atoms with Crippen molar-refractivity contribution in [3.8, 4) is 0 Å². The van der Waals surface area contributed by atoms with Gasteiger partial charge in [0.25, 0.3) is 0 Å². The number of sulfonamides is 2. The molecule has 11 heteroatoms. The lowest BCUT2D eigenvalue weighted by molar-refractivity contribution is -0.135. The first-order valence-electron chi connectivity index (χ1n) is 4.95. The molecule has 0 aliphatic heterocycles. The Morgan fingerprint density at radius 2 is 1.90 bits per heavy atom. The van der Waals surface area contributed by atoms with E-state index in [9.17, 15) is 21.6 Å². The predicted molar refractivity (Wildman–Crippen MR) is 72.7 cm³/mol. The number of carboxylic acid groups (broad SMARTS) is 1. The molecule has 8 nitrogen and oxygen atoms in total. The molecule has 1 aromatic carbocycles. The van der Waals surface area contributed by atoms with Gasteiger partial charge in [0.2, 0.25) is 20.0 Å². The van der Waals surface area contributed by atoms with Crippen molar-refractivity contribution >= 4 is 43.3 Å². The number of hydrogen-bond donors (Lipinski definition) is 2. The summed E-state index contributed by atoms with van der Waals surface area (Å²) in [5.41, 5.74) is -0.164. The highest BCUT2D eigenvalue weighted by molar-refractivity contribution is 7.92. The van der Waals surface area contributed by atoms with Gasteiger partial charge in [0.15, 0.2) is 0 Å². The minimum Gasteiger partial charge on any atom is -0.480 e. The molecule has 0 radical (unpaired) electrons. The van der Waals surface area contributed by atoms with Crippen LogP contribution in [0.15, 0.2) is 23.1 Å². The van der Waals surface area contributed by atoms with E-state index in [0.29, 0.717) is 4.31 Å². The SMILES string of the molecule is CS(=O)(=O)N(CC(=O)O)c1ccc(Cl)c(S(N)(=O)=O)c1. The highest BCUT2D eigenvalue weighted by Gasteiger charge is 2.23. The molecule has 3 N–H and O–H groups in total. The topological polar surface area (TPSA) is 135 Å². The Morgan fingerprint density at radius 3 is 2.30 bits per heavy atom. The van der Waals surface area contributed by atoms with Crippen LogP contribution in [0, 0.1) is 0 Å². The van der Waals surface area contributed by atoms with Crippen LogP contribution in [0.5, 0.6) is 0 Å². The molecule has 0 amide bonds. The van der Waals surface area contributed by atoms with Gasteiger partial charge in [-0.05, 0) is 18.2 Å². The molecular weight excluding hydrogens is 332 g/mol. The van der Waals surface area contributed by atoms with Crippen LogP contribution in [-0.2, 0) is 24.8 Å². The second-order valence-corrected chi connectivity index (χ2v) is 7.67. The Morgan fingerprint density at radius 1 is 1.35 bits per heavy atom. The van der Waals surface area contributed by atoms with Gasteiger partial charge in [-0.25, -0.2) is 22.0 Å². The lowest BCUT2D eigenvalue weighted by Gasteiger charge is -2.21. The summed E-state index contributed by atoms with van der Waals surface area (Å²) in [4.78, 5) is 10.2. The van der Waals surface area contributed by atoms with Crippen LogP contribution in [0.3, 0.4) is 0 Å². The summed E-state index contributed by atoms with van der Waals surface area (Å²) in [7, 11) is -8.08. The molecule has 20 heavy (non-hydrogen) atoms. The number of carboxylic acids is 1. The van der Waals surface area contributed by atoms with Crippen LogP contribution in [0.1, 0.15) is 0 Å². The maximum Gasteiger partial charge on any atom is 0.324 e. The number of aliphatic carboxylic acids is 1. The highest BCUT2D eigenvalue weighted by atomic mass is 35.5. The van der Waals surface area contributed by atoms with Crippen LogP contribution in [0.25, 0.3) is 0 Å². The fraction of sp³-hybridized carbons (Fsp3) is 0.222. The summed E-state index contributed by atoms with van der Waals surface area (Å²) in [6.45, 7) is -0.857.